The molecule has 0 spiro atoms. The van der Waals surface area contributed by atoms with E-state index in [2.05, 4.69) is 32.9 Å². The van der Waals surface area contributed by atoms with Crippen molar-refractivity contribution in [3.8, 4) is 0 Å². The summed E-state index contributed by atoms with van der Waals surface area (Å²) in [5, 5.41) is 0. The fraction of sp³-hybridized carbons (Fsp3) is 0.625. The molecular formula is C16H26O2. The summed E-state index contributed by atoms with van der Waals surface area (Å²) < 4.78 is 11.0. The average molecular weight is 250 g/mol. The minimum atomic E-state index is 0.241. The van der Waals surface area contributed by atoms with Gasteiger partial charge in [0.15, 0.2) is 0 Å². The first-order chi connectivity index (χ1) is 8.58. The average Bonchev–Trinajstić information content (AvgIpc) is 2.27. The number of hydrogen-bond donors (Lipinski definition) is 0. The van der Waals surface area contributed by atoms with Gasteiger partial charge < -0.3 is 9.47 Å². The zero-order valence-corrected chi connectivity index (χ0v) is 11.9. The van der Waals surface area contributed by atoms with Crippen molar-refractivity contribution in [2.75, 3.05) is 13.2 Å². The lowest BCUT2D eigenvalue weighted by molar-refractivity contribution is 0.197. The zero-order chi connectivity index (χ0) is 13.3. The van der Waals surface area contributed by atoms with Crippen molar-refractivity contribution in [2.45, 2.75) is 40.0 Å². The number of ether oxygens (including phenoxy) is 2. The van der Waals surface area contributed by atoms with Gasteiger partial charge in [-0.25, -0.2) is 0 Å². The molecule has 0 atom stereocenters. The number of hydrogen-bond acceptors (Lipinski definition) is 2. The van der Waals surface area contributed by atoms with E-state index in [1.54, 1.807) is 12.5 Å². The summed E-state index contributed by atoms with van der Waals surface area (Å²) in [7, 11) is 0. The summed E-state index contributed by atoms with van der Waals surface area (Å²) in [6.45, 7) is 8.21. The van der Waals surface area contributed by atoms with Crippen LogP contribution in [-0.2, 0) is 9.47 Å². The van der Waals surface area contributed by atoms with Gasteiger partial charge in [-0.05, 0) is 42.7 Å². The first kappa shape index (κ1) is 14.9. The van der Waals surface area contributed by atoms with Gasteiger partial charge in [0, 0.05) is 0 Å². The zero-order valence-electron chi connectivity index (χ0n) is 11.9. The van der Waals surface area contributed by atoms with Crippen LogP contribution in [0.5, 0.6) is 0 Å². The van der Waals surface area contributed by atoms with Gasteiger partial charge in [0.05, 0.1) is 25.7 Å². The monoisotopic (exact) mass is 250 g/mol. The molecule has 0 N–H and O–H groups in total. The van der Waals surface area contributed by atoms with Crippen LogP contribution in [0.2, 0.25) is 0 Å². The molecule has 102 valence electrons. The smallest absolute Gasteiger partial charge is 0.0878 e. The molecule has 0 aliphatic carbocycles. The van der Waals surface area contributed by atoms with Crippen LogP contribution >= 0.6 is 0 Å². The van der Waals surface area contributed by atoms with Crippen LogP contribution in [0.15, 0.2) is 36.8 Å². The molecule has 2 heteroatoms. The molecule has 1 aliphatic rings. The van der Waals surface area contributed by atoms with Crippen molar-refractivity contribution in [1.29, 1.82) is 0 Å². The van der Waals surface area contributed by atoms with E-state index in [9.17, 15) is 0 Å². The summed E-state index contributed by atoms with van der Waals surface area (Å²) in [4.78, 5) is 0. The third-order valence-corrected chi connectivity index (χ3v) is 2.74. The molecule has 0 aromatic rings. The molecule has 0 saturated carbocycles. The Hall–Kier alpha value is -1.18. The maximum atomic E-state index is 5.48. The lowest BCUT2D eigenvalue weighted by Gasteiger charge is -2.16. The van der Waals surface area contributed by atoms with Crippen LogP contribution in [0, 0.1) is 11.3 Å². The van der Waals surface area contributed by atoms with Crippen LogP contribution in [0.4, 0.5) is 0 Å². The molecule has 0 aromatic carbocycles. The van der Waals surface area contributed by atoms with Gasteiger partial charge in [-0.1, -0.05) is 32.9 Å². The van der Waals surface area contributed by atoms with Gasteiger partial charge in [-0.3, -0.25) is 0 Å². The van der Waals surface area contributed by atoms with Gasteiger partial charge in [0.2, 0.25) is 0 Å². The normalized spacial score (nSPS) is 22.9. The largest absolute Gasteiger partial charge is 0.501 e. The molecule has 0 radical (unpaired) electrons. The van der Waals surface area contributed by atoms with Gasteiger partial charge >= 0.3 is 0 Å². The van der Waals surface area contributed by atoms with E-state index in [4.69, 9.17) is 9.47 Å². The lowest BCUT2D eigenvalue weighted by atomic mass is 9.92. The molecule has 0 fully saturated rings. The van der Waals surface area contributed by atoms with Crippen molar-refractivity contribution in [1.82, 2.24) is 0 Å². The van der Waals surface area contributed by atoms with E-state index in [1.807, 2.05) is 12.2 Å². The second kappa shape index (κ2) is 8.02. The second-order valence-electron chi connectivity index (χ2n) is 5.78. The van der Waals surface area contributed by atoms with E-state index < -0.39 is 0 Å². The Labute approximate surface area is 111 Å². The van der Waals surface area contributed by atoms with Gasteiger partial charge in [-0.15, -0.1) is 0 Å². The van der Waals surface area contributed by atoms with Crippen molar-refractivity contribution in [2.24, 2.45) is 11.3 Å². The standard InChI is InChI=1S/C16H26O2/c1-16(2,3)10-7-15-8-13-17-11-5-4-6-12-18-14-9-15/h5-7,10-12,15H,4,8-9,13-14H2,1-3H3. The molecule has 0 aromatic heterocycles. The van der Waals surface area contributed by atoms with E-state index in [0.29, 0.717) is 5.92 Å². The Kier molecular flexibility index (Phi) is 6.63. The predicted octanol–water partition coefficient (Wildman–Crippen LogP) is 4.45. The van der Waals surface area contributed by atoms with E-state index in [1.165, 1.54) is 0 Å². The van der Waals surface area contributed by atoms with Crippen LogP contribution in [0.1, 0.15) is 40.0 Å². The summed E-state index contributed by atoms with van der Waals surface area (Å²) >= 11 is 0. The Bertz CT molecular complexity index is 277. The molecule has 0 amide bonds. The Morgan fingerprint density at radius 3 is 2.06 bits per heavy atom. The second-order valence-corrected chi connectivity index (χ2v) is 5.78. The van der Waals surface area contributed by atoms with Crippen LogP contribution < -0.4 is 0 Å². The number of rotatable bonds is 1. The molecular weight excluding hydrogens is 224 g/mol. The quantitative estimate of drug-likeness (QED) is 0.640. The Morgan fingerprint density at radius 2 is 1.56 bits per heavy atom. The van der Waals surface area contributed by atoms with Gasteiger partial charge in [0.1, 0.15) is 0 Å². The highest BCUT2D eigenvalue weighted by atomic mass is 16.5. The Balaban J connectivity index is 2.49. The summed E-state index contributed by atoms with van der Waals surface area (Å²) in [6, 6.07) is 0. The van der Waals surface area contributed by atoms with Crippen molar-refractivity contribution in [3.05, 3.63) is 36.8 Å². The maximum absolute atomic E-state index is 5.48. The fourth-order valence-electron chi connectivity index (χ4n) is 1.66. The molecule has 1 aliphatic heterocycles. The van der Waals surface area contributed by atoms with E-state index in [-0.39, 0.29) is 5.41 Å². The van der Waals surface area contributed by atoms with E-state index in [0.717, 1.165) is 32.5 Å². The summed E-state index contributed by atoms with van der Waals surface area (Å²) in [5.74, 6) is 0.533. The Morgan fingerprint density at radius 1 is 1.00 bits per heavy atom. The highest BCUT2D eigenvalue weighted by Gasteiger charge is 2.09. The summed E-state index contributed by atoms with van der Waals surface area (Å²) in [5.41, 5.74) is 0.241. The topological polar surface area (TPSA) is 18.5 Å². The van der Waals surface area contributed by atoms with E-state index >= 15 is 0 Å². The van der Waals surface area contributed by atoms with Gasteiger partial charge in [-0.2, -0.15) is 0 Å². The lowest BCUT2D eigenvalue weighted by Crippen LogP contribution is -2.07. The summed E-state index contributed by atoms with van der Waals surface area (Å²) in [6.07, 6.45) is 15.1. The minimum Gasteiger partial charge on any atom is -0.501 e. The predicted molar refractivity (Wildman–Crippen MR) is 76.1 cm³/mol. The van der Waals surface area contributed by atoms with Crippen LogP contribution in [-0.4, -0.2) is 13.2 Å². The van der Waals surface area contributed by atoms with Crippen molar-refractivity contribution in [3.63, 3.8) is 0 Å². The first-order valence-electron chi connectivity index (χ1n) is 6.80. The highest BCUT2D eigenvalue weighted by Crippen LogP contribution is 2.19. The molecule has 18 heavy (non-hydrogen) atoms. The maximum Gasteiger partial charge on any atom is 0.0878 e. The molecule has 2 nitrogen and oxygen atoms in total. The van der Waals surface area contributed by atoms with Crippen LogP contribution in [0.3, 0.4) is 0 Å². The fourth-order valence-corrected chi connectivity index (χ4v) is 1.66. The van der Waals surface area contributed by atoms with Crippen LogP contribution in [0.25, 0.3) is 0 Å². The molecule has 0 unspecified atom stereocenters. The van der Waals surface area contributed by atoms with Crippen molar-refractivity contribution < 1.29 is 9.47 Å². The van der Waals surface area contributed by atoms with Crippen molar-refractivity contribution >= 4 is 0 Å². The molecule has 1 rings (SSSR count). The third-order valence-electron chi connectivity index (χ3n) is 2.74. The molecule has 0 bridgehead atoms. The third kappa shape index (κ3) is 7.99. The number of allylic oxidation sites excluding steroid dienone is 4. The molecule has 0 saturated heterocycles. The minimum absolute atomic E-state index is 0.241. The highest BCUT2D eigenvalue weighted by molar-refractivity contribution is 4.96. The molecule has 1 heterocycles. The van der Waals surface area contributed by atoms with Gasteiger partial charge in [0.25, 0.3) is 0 Å². The first-order valence-corrected chi connectivity index (χ1v) is 6.80. The SMILES string of the molecule is CC(C)(C)C=CC1CCOC=CCC=COCC1.